The second kappa shape index (κ2) is 5.67. The third-order valence-corrected chi connectivity index (χ3v) is 2.64. The molecule has 0 radical (unpaired) electrons. The number of aliphatic hydroxyl groups excluding tert-OH is 1. The van der Waals surface area contributed by atoms with E-state index in [1.807, 2.05) is 4.90 Å². The van der Waals surface area contributed by atoms with Crippen LogP contribution < -0.4 is 0 Å². The molecule has 0 aromatic heterocycles. The van der Waals surface area contributed by atoms with Crippen molar-refractivity contribution in [2.75, 3.05) is 32.8 Å². The number of piperidine rings is 1. The van der Waals surface area contributed by atoms with Gasteiger partial charge in [0.25, 0.3) is 0 Å². The van der Waals surface area contributed by atoms with Crippen LogP contribution in [0.15, 0.2) is 0 Å². The fourth-order valence-corrected chi connectivity index (χ4v) is 1.68. The second-order valence-electron chi connectivity index (χ2n) is 3.76. The van der Waals surface area contributed by atoms with Crippen LogP contribution in [0.25, 0.3) is 0 Å². The molecule has 1 aliphatic rings. The van der Waals surface area contributed by atoms with E-state index in [2.05, 4.69) is 4.74 Å². The Morgan fingerprint density at radius 3 is 2.33 bits per heavy atom. The predicted octanol–water partition coefficient (Wildman–Crippen LogP) is 1.23. The van der Waals surface area contributed by atoms with Crippen molar-refractivity contribution in [3.05, 3.63) is 0 Å². The number of aliphatic hydroxyl groups is 1. The summed E-state index contributed by atoms with van der Waals surface area (Å²) >= 11 is 0. The molecule has 1 fully saturated rings. The molecule has 0 bridgehead atoms. The molecule has 1 heterocycles. The van der Waals surface area contributed by atoms with E-state index in [-0.39, 0.29) is 13.2 Å². The number of hydrogen-bond acceptors (Lipinski definition) is 3. The Hall–Kier alpha value is -0.330. The highest BCUT2D eigenvalue weighted by Gasteiger charge is 2.29. The molecule has 3 nitrogen and oxygen atoms in total. The molecule has 0 atom stereocenters. The number of rotatable bonds is 4. The van der Waals surface area contributed by atoms with Crippen molar-refractivity contribution < 1.29 is 23.0 Å². The number of nitrogens with zero attached hydrogens (tertiary/aromatic N) is 1. The number of ether oxygens (including phenoxy) is 1. The average molecular weight is 227 g/mol. The lowest BCUT2D eigenvalue weighted by Crippen LogP contribution is -2.37. The zero-order valence-corrected chi connectivity index (χ0v) is 8.46. The van der Waals surface area contributed by atoms with Crippen molar-refractivity contribution in [2.45, 2.75) is 19.2 Å². The van der Waals surface area contributed by atoms with Crippen molar-refractivity contribution in [3.63, 3.8) is 0 Å². The average Bonchev–Trinajstić information content (AvgIpc) is 2.17. The molecule has 0 unspecified atom stereocenters. The molecule has 1 N–H and O–H groups in total. The zero-order valence-electron chi connectivity index (χ0n) is 8.46. The van der Waals surface area contributed by atoms with Crippen molar-refractivity contribution >= 4 is 0 Å². The van der Waals surface area contributed by atoms with Gasteiger partial charge < -0.3 is 10.0 Å². The van der Waals surface area contributed by atoms with Gasteiger partial charge in [0.2, 0.25) is 0 Å². The minimum atomic E-state index is -4.52. The molecule has 0 saturated carbocycles. The first-order valence-corrected chi connectivity index (χ1v) is 5.05. The van der Waals surface area contributed by atoms with E-state index in [1.54, 1.807) is 0 Å². The van der Waals surface area contributed by atoms with Gasteiger partial charge in [0.15, 0.2) is 0 Å². The van der Waals surface area contributed by atoms with Crippen LogP contribution in [0, 0.1) is 5.92 Å². The Morgan fingerprint density at radius 1 is 1.27 bits per heavy atom. The molecule has 0 spiro atoms. The summed E-state index contributed by atoms with van der Waals surface area (Å²) in [6.45, 7) is 1.65. The summed E-state index contributed by atoms with van der Waals surface area (Å²) in [6.07, 6.45) is -2.82. The van der Waals surface area contributed by atoms with E-state index in [9.17, 15) is 13.2 Å². The van der Waals surface area contributed by atoms with Crippen LogP contribution in [0.5, 0.6) is 0 Å². The summed E-state index contributed by atoms with van der Waals surface area (Å²) in [5, 5.41) is 8.87. The number of halogens is 3. The molecule has 1 saturated heterocycles. The van der Waals surface area contributed by atoms with Gasteiger partial charge in [0, 0.05) is 13.2 Å². The summed E-state index contributed by atoms with van der Waals surface area (Å²) in [5.41, 5.74) is 0. The van der Waals surface area contributed by atoms with Gasteiger partial charge >= 0.3 is 6.36 Å². The Kier molecular flexibility index (Phi) is 4.82. The van der Waals surface area contributed by atoms with Crippen molar-refractivity contribution in [2.24, 2.45) is 5.92 Å². The number of alkyl halides is 3. The van der Waals surface area contributed by atoms with Crippen LogP contribution in [-0.4, -0.2) is 49.2 Å². The molecule has 6 heteroatoms. The van der Waals surface area contributed by atoms with Crippen LogP contribution >= 0.6 is 0 Å². The highest BCUT2D eigenvalue weighted by molar-refractivity contribution is 4.71. The Balaban J connectivity index is 2.09. The van der Waals surface area contributed by atoms with E-state index < -0.39 is 6.36 Å². The molecule has 0 amide bonds. The highest BCUT2D eigenvalue weighted by Crippen LogP contribution is 2.18. The molecular formula is C9H16F3NO2. The number of likely N-dealkylation sites (tertiary alicyclic amines) is 1. The van der Waals surface area contributed by atoms with Crippen molar-refractivity contribution in [3.8, 4) is 0 Å². The Morgan fingerprint density at radius 2 is 1.87 bits per heavy atom. The molecule has 0 aromatic carbocycles. The van der Waals surface area contributed by atoms with E-state index in [0.29, 0.717) is 12.5 Å². The standard InChI is InChI=1S/C9H16F3NO2/c10-9(11,12)15-6-5-13-3-1-8(7-14)2-4-13/h8,14H,1-7H2. The lowest BCUT2D eigenvalue weighted by molar-refractivity contribution is -0.325. The largest absolute Gasteiger partial charge is 0.522 e. The summed E-state index contributed by atoms with van der Waals surface area (Å²) in [5.74, 6) is 0.310. The van der Waals surface area contributed by atoms with Crippen LogP contribution in [0.2, 0.25) is 0 Å². The van der Waals surface area contributed by atoms with Crippen LogP contribution in [0.4, 0.5) is 13.2 Å². The summed E-state index contributed by atoms with van der Waals surface area (Å²) in [6, 6.07) is 0. The molecule has 0 aromatic rings. The van der Waals surface area contributed by atoms with Gasteiger partial charge in [-0.1, -0.05) is 0 Å². The topological polar surface area (TPSA) is 32.7 Å². The number of hydrogen-bond donors (Lipinski definition) is 1. The summed E-state index contributed by atoms with van der Waals surface area (Å²) in [4.78, 5) is 1.93. The normalized spacial score (nSPS) is 20.8. The fourth-order valence-electron chi connectivity index (χ4n) is 1.68. The van der Waals surface area contributed by atoms with Gasteiger partial charge in [0.1, 0.15) is 0 Å². The molecule has 90 valence electrons. The van der Waals surface area contributed by atoms with Crippen LogP contribution in [0.3, 0.4) is 0 Å². The third kappa shape index (κ3) is 5.34. The summed E-state index contributed by atoms with van der Waals surface area (Å²) in [7, 11) is 0. The maximum absolute atomic E-state index is 11.7. The first kappa shape index (κ1) is 12.7. The van der Waals surface area contributed by atoms with E-state index in [1.165, 1.54) is 0 Å². The van der Waals surface area contributed by atoms with E-state index in [0.717, 1.165) is 25.9 Å². The van der Waals surface area contributed by atoms with Crippen LogP contribution in [-0.2, 0) is 4.74 Å². The van der Waals surface area contributed by atoms with Gasteiger partial charge in [-0.15, -0.1) is 13.2 Å². The monoisotopic (exact) mass is 227 g/mol. The molecule has 15 heavy (non-hydrogen) atoms. The van der Waals surface area contributed by atoms with E-state index >= 15 is 0 Å². The second-order valence-corrected chi connectivity index (χ2v) is 3.76. The maximum Gasteiger partial charge on any atom is 0.522 e. The molecule has 1 aliphatic heterocycles. The maximum atomic E-state index is 11.7. The van der Waals surface area contributed by atoms with Crippen LogP contribution in [0.1, 0.15) is 12.8 Å². The van der Waals surface area contributed by atoms with Gasteiger partial charge in [0.05, 0.1) is 6.61 Å². The first-order valence-electron chi connectivity index (χ1n) is 5.05. The van der Waals surface area contributed by atoms with Crippen molar-refractivity contribution in [1.82, 2.24) is 4.90 Å². The predicted molar refractivity (Wildman–Crippen MR) is 48.3 cm³/mol. The molecule has 1 rings (SSSR count). The SMILES string of the molecule is OCC1CCN(CCOC(F)(F)F)CC1. The lowest BCUT2D eigenvalue weighted by atomic mass is 9.98. The Labute approximate surface area is 86.8 Å². The van der Waals surface area contributed by atoms with Gasteiger partial charge in [-0.3, -0.25) is 4.74 Å². The van der Waals surface area contributed by atoms with E-state index in [4.69, 9.17) is 5.11 Å². The highest BCUT2D eigenvalue weighted by atomic mass is 19.4. The molecular weight excluding hydrogens is 211 g/mol. The van der Waals surface area contributed by atoms with Gasteiger partial charge in [-0.2, -0.15) is 0 Å². The first-order chi connectivity index (χ1) is 7.01. The van der Waals surface area contributed by atoms with Gasteiger partial charge in [-0.05, 0) is 31.8 Å². The summed E-state index contributed by atoms with van der Waals surface area (Å²) < 4.78 is 38.7. The third-order valence-electron chi connectivity index (χ3n) is 2.64. The minimum Gasteiger partial charge on any atom is -0.396 e. The smallest absolute Gasteiger partial charge is 0.396 e. The zero-order chi connectivity index (χ0) is 11.3. The van der Waals surface area contributed by atoms with Crippen molar-refractivity contribution in [1.29, 1.82) is 0 Å². The van der Waals surface area contributed by atoms with Gasteiger partial charge in [-0.25, -0.2) is 0 Å². The molecule has 0 aliphatic carbocycles. The minimum absolute atomic E-state index is 0.174. The quantitative estimate of drug-likeness (QED) is 0.784. The Bertz CT molecular complexity index is 179. The lowest BCUT2D eigenvalue weighted by Gasteiger charge is -2.30. The fraction of sp³-hybridized carbons (Fsp3) is 1.00.